The molecule has 110 valence electrons. The summed E-state index contributed by atoms with van der Waals surface area (Å²) in [6.45, 7) is 0.399. The van der Waals surface area contributed by atoms with E-state index in [0.717, 1.165) is 22.4 Å². The van der Waals surface area contributed by atoms with Gasteiger partial charge in [0.15, 0.2) is 5.78 Å². The number of nitrogens with zero attached hydrogens (tertiary/aromatic N) is 2. The van der Waals surface area contributed by atoms with Gasteiger partial charge in [0, 0.05) is 42.6 Å². The molecule has 0 saturated heterocycles. The molecule has 0 atom stereocenters. The summed E-state index contributed by atoms with van der Waals surface area (Å²) in [7, 11) is 3.83. The minimum absolute atomic E-state index is 0.0546. The second-order valence-electron chi connectivity index (χ2n) is 5.52. The van der Waals surface area contributed by atoms with Crippen molar-refractivity contribution in [3.8, 4) is 0 Å². The number of Topliss-reactive ketones (excluding diaryl/α,β-unsaturated/α-hetero) is 1. The number of hydrogen-bond acceptors (Lipinski definition) is 3. The van der Waals surface area contributed by atoms with Crippen LogP contribution in [0, 0.1) is 0 Å². The van der Waals surface area contributed by atoms with Crippen molar-refractivity contribution in [2.75, 3.05) is 20.6 Å². The zero-order chi connectivity index (χ0) is 15.5. The molecule has 0 aliphatic carbocycles. The molecule has 0 bridgehead atoms. The van der Waals surface area contributed by atoms with Crippen LogP contribution in [0.25, 0.3) is 0 Å². The van der Waals surface area contributed by atoms with Gasteiger partial charge in [-0.3, -0.25) is 9.79 Å². The standard InChI is InChI=1S/C19H18N2O/c1-21(2)13-15-12-20-18(14-8-4-3-5-9-14)16-10-6-7-11-17(16)19(15)22/h3-11,13H,12H2,1-2H3/b15-13+. The Kier molecular flexibility index (Phi) is 3.88. The van der Waals surface area contributed by atoms with E-state index in [1.807, 2.05) is 79.8 Å². The van der Waals surface area contributed by atoms with Gasteiger partial charge in [0.1, 0.15) is 0 Å². The molecular formula is C19H18N2O. The van der Waals surface area contributed by atoms with Gasteiger partial charge in [-0.1, -0.05) is 54.6 Å². The van der Waals surface area contributed by atoms with E-state index in [4.69, 9.17) is 4.99 Å². The van der Waals surface area contributed by atoms with Crippen molar-refractivity contribution in [1.29, 1.82) is 0 Å². The van der Waals surface area contributed by atoms with Crippen molar-refractivity contribution in [3.05, 3.63) is 83.1 Å². The highest BCUT2D eigenvalue weighted by Crippen LogP contribution is 2.22. The fraction of sp³-hybridized carbons (Fsp3) is 0.158. The second kappa shape index (κ2) is 5.98. The van der Waals surface area contributed by atoms with Gasteiger partial charge >= 0.3 is 0 Å². The van der Waals surface area contributed by atoms with Crippen LogP contribution in [0.4, 0.5) is 0 Å². The van der Waals surface area contributed by atoms with Crippen LogP contribution in [0.5, 0.6) is 0 Å². The molecule has 0 spiro atoms. The summed E-state index contributed by atoms with van der Waals surface area (Å²) in [5.41, 5.74) is 4.25. The summed E-state index contributed by atoms with van der Waals surface area (Å²) in [4.78, 5) is 19.4. The third-order valence-electron chi connectivity index (χ3n) is 3.59. The van der Waals surface area contributed by atoms with E-state index >= 15 is 0 Å². The first kappa shape index (κ1) is 14.3. The summed E-state index contributed by atoms with van der Waals surface area (Å²) in [6.07, 6.45) is 1.86. The predicted octanol–water partition coefficient (Wildman–Crippen LogP) is 3.17. The molecule has 0 fully saturated rings. The van der Waals surface area contributed by atoms with E-state index < -0.39 is 0 Å². The lowest BCUT2D eigenvalue weighted by Crippen LogP contribution is -2.12. The van der Waals surface area contributed by atoms with Gasteiger partial charge in [-0.25, -0.2) is 0 Å². The van der Waals surface area contributed by atoms with Crippen molar-refractivity contribution in [1.82, 2.24) is 4.90 Å². The van der Waals surface area contributed by atoms with Crippen LogP contribution in [-0.2, 0) is 0 Å². The third kappa shape index (κ3) is 2.70. The monoisotopic (exact) mass is 290 g/mol. The number of carbonyl (C=O) groups excluding carboxylic acids is 1. The molecule has 0 N–H and O–H groups in total. The van der Waals surface area contributed by atoms with Crippen LogP contribution in [0.3, 0.4) is 0 Å². The predicted molar refractivity (Wildman–Crippen MR) is 89.5 cm³/mol. The molecule has 1 aliphatic rings. The van der Waals surface area contributed by atoms with Crippen molar-refractivity contribution in [3.63, 3.8) is 0 Å². The molecule has 0 amide bonds. The summed E-state index contributed by atoms with van der Waals surface area (Å²) in [6, 6.07) is 17.7. The van der Waals surface area contributed by atoms with Gasteiger partial charge in [0.2, 0.25) is 0 Å². The molecule has 2 aromatic carbocycles. The van der Waals surface area contributed by atoms with Gasteiger partial charge in [0.25, 0.3) is 0 Å². The van der Waals surface area contributed by atoms with E-state index in [9.17, 15) is 4.79 Å². The summed E-state index contributed by atoms with van der Waals surface area (Å²) in [5.74, 6) is 0.0546. The average molecular weight is 290 g/mol. The van der Waals surface area contributed by atoms with E-state index in [1.165, 1.54) is 0 Å². The SMILES string of the molecule is CN(C)/C=C1\CN=C(c2ccccc2)c2ccccc2C1=O. The number of carbonyl (C=O) groups is 1. The summed E-state index contributed by atoms with van der Waals surface area (Å²) >= 11 is 0. The van der Waals surface area contributed by atoms with Gasteiger partial charge in [-0.05, 0) is 0 Å². The van der Waals surface area contributed by atoms with E-state index in [1.54, 1.807) is 0 Å². The van der Waals surface area contributed by atoms with Gasteiger partial charge in [0.05, 0.1) is 12.3 Å². The van der Waals surface area contributed by atoms with Crippen molar-refractivity contribution in [2.24, 2.45) is 4.99 Å². The highest BCUT2D eigenvalue weighted by molar-refractivity contribution is 6.23. The first-order valence-electron chi connectivity index (χ1n) is 7.28. The molecule has 0 radical (unpaired) electrons. The maximum atomic E-state index is 12.8. The van der Waals surface area contributed by atoms with Crippen molar-refractivity contribution >= 4 is 11.5 Å². The fourth-order valence-corrected chi connectivity index (χ4v) is 2.64. The lowest BCUT2D eigenvalue weighted by atomic mass is 9.94. The number of ketones is 1. The zero-order valence-electron chi connectivity index (χ0n) is 12.8. The minimum atomic E-state index is 0.0546. The molecule has 0 unspecified atom stereocenters. The summed E-state index contributed by atoms with van der Waals surface area (Å²) in [5, 5.41) is 0. The number of benzene rings is 2. The van der Waals surface area contributed by atoms with E-state index in [2.05, 4.69) is 0 Å². The largest absolute Gasteiger partial charge is 0.383 e. The molecule has 0 saturated carbocycles. The number of aliphatic imine (C=N–C) groups is 1. The first-order valence-corrected chi connectivity index (χ1v) is 7.28. The van der Waals surface area contributed by atoms with Crippen LogP contribution in [0.2, 0.25) is 0 Å². The Balaban J connectivity index is 2.18. The Morgan fingerprint density at radius 2 is 1.59 bits per heavy atom. The van der Waals surface area contributed by atoms with E-state index in [0.29, 0.717) is 12.1 Å². The van der Waals surface area contributed by atoms with Crippen molar-refractivity contribution < 1.29 is 4.79 Å². The Morgan fingerprint density at radius 3 is 2.27 bits per heavy atom. The highest BCUT2D eigenvalue weighted by atomic mass is 16.1. The van der Waals surface area contributed by atoms with Crippen LogP contribution < -0.4 is 0 Å². The molecule has 22 heavy (non-hydrogen) atoms. The normalized spacial score (nSPS) is 16.0. The Bertz CT molecular complexity index is 758. The number of hydrogen-bond donors (Lipinski definition) is 0. The highest BCUT2D eigenvalue weighted by Gasteiger charge is 2.23. The number of fused-ring (bicyclic) bond motifs is 1. The van der Waals surface area contributed by atoms with Crippen LogP contribution in [0.1, 0.15) is 21.5 Å². The Morgan fingerprint density at radius 1 is 0.955 bits per heavy atom. The lowest BCUT2D eigenvalue weighted by molar-refractivity contribution is 0.103. The quantitative estimate of drug-likeness (QED) is 0.796. The van der Waals surface area contributed by atoms with Crippen molar-refractivity contribution in [2.45, 2.75) is 0 Å². The summed E-state index contributed by atoms with van der Waals surface area (Å²) < 4.78 is 0. The first-order chi connectivity index (χ1) is 10.7. The fourth-order valence-electron chi connectivity index (χ4n) is 2.64. The number of rotatable bonds is 2. The maximum Gasteiger partial charge on any atom is 0.193 e. The van der Waals surface area contributed by atoms with Gasteiger partial charge in [-0.15, -0.1) is 0 Å². The zero-order valence-corrected chi connectivity index (χ0v) is 12.8. The van der Waals surface area contributed by atoms with Crippen LogP contribution in [-0.4, -0.2) is 37.0 Å². The molecule has 0 aromatic heterocycles. The Hall–Kier alpha value is -2.68. The molecule has 1 aliphatic heterocycles. The minimum Gasteiger partial charge on any atom is -0.383 e. The molecule has 2 aromatic rings. The maximum absolute atomic E-state index is 12.8. The van der Waals surface area contributed by atoms with Gasteiger partial charge < -0.3 is 4.90 Å². The smallest absolute Gasteiger partial charge is 0.193 e. The van der Waals surface area contributed by atoms with Gasteiger partial charge in [-0.2, -0.15) is 0 Å². The Labute approximate surface area is 130 Å². The average Bonchev–Trinajstić information content (AvgIpc) is 2.66. The van der Waals surface area contributed by atoms with Crippen LogP contribution >= 0.6 is 0 Å². The molecular weight excluding hydrogens is 272 g/mol. The second-order valence-corrected chi connectivity index (χ2v) is 5.52. The van der Waals surface area contributed by atoms with E-state index in [-0.39, 0.29) is 5.78 Å². The molecule has 3 rings (SSSR count). The topological polar surface area (TPSA) is 32.7 Å². The van der Waals surface area contributed by atoms with Crippen LogP contribution in [0.15, 0.2) is 71.4 Å². The molecule has 3 heteroatoms. The molecule has 1 heterocycles. The lowest BCUT2D eigenvalue weighted by Gasteiger charge is -2.09. The third-order valence-corrected chi connectivity index (χ3v) is 3.59. The molecule has 3 nitrogen and oxygen atoms in total.